The molecule has 0 bridgehead atoms. The molecule has 5 amide bonds. The second-order valence-corrected chi connectivity index (χ2v) is 22.3. The van der Waals surface area contributed by atoms with Gasteiger partial charge in [0.2, 0.25) is 17.7 Å². The van der Waals surface area contributed by atoms with Gasteiger partial charge in [-0.15, -0.1) is 10.3 Å². The minimum Gasteiger partial charge on any atom is -0.490 e. The summed E-state index contributed by atoms with van der Waals surface area (Å²) in [5, 5.41) is 4.52. The van der Waals surface area contributed by atoms with Crippen molar-refractivity contribution in [2.75, 3.05) is 60.0 Å². The molecule has 1 aromatic heterocycles. The maximum Gasteiger partial charge on any atom is 0.266 e. The van der Waals surface area contributed by atoms with Crippen LogP contribution in [0, 0.1) is 24.3 Å². The van der Waals surface area contributed by atoms with Gasteiger partial charge in [0, 0.05) is 66.2 Å². The summed E-state index contributed by atoms with van der Waals surface area (Å²) in [7, 11) is 4.46. The number of ether oxygens (including phenoxy) is 1. The number of benzene rings is 3. The van der Waals surface area contributed by atoms with Gasteiger partial charge in [-0.25, -0.2) is 4.98 Å². The number of aromatic nitrogens is 1. The molecule has 1 aliphatic carbocycles. The molecule has 1 radical (unpaired) electrons. The third kappa shape index (κ3) is 13.0. The lowest BCUT2D eigenvalue weighted by molar-refractivity contribution is -0.136. The number of imide groups is 2. The van der Waals surface area contributed by atoms with Crippen LogP contribution in [0.4, 0.5) is 0 Å². The van der Waals surface area contributed by atoms with E-state index in [0.717, 1.165) is 71.4 Å². The Labute approximate surface area is 436 Å². The lowest BCUT2D eigenvalue weighted by atomic mass is 9.85. The number of piperidine rings is 1. The molecular formula is C59H73N6O7S. The van der Waals surface area contributed by atoms with E-state index in [1.807, 2.05) is 6.20 Å². The molecule has 1 saturated heterocycles. The second-order valence-electron chi connectivity index (χ2n) is 19.1. The number of amides is 5. The number of hydrogen-bond acceptors (Lipinski definition) is 10. The molecule has 73 heavy (non-hydrogen) atoms. The molecule has 1 N–H and O–H groups in total. The van der Waals surface area contributed by atoms with Crippen molar-refractivity contribution in [3.05, 3.63) is 160 Å². The number of fused-ring (bicyclic) bond motifs is 2. The number of likely N-dealkylation sites (N-methyl/N-ethyl adjacent to an activating group) is 1. The van der Waals surface area contributed by atoms with E-state index in [-0.39, 0.29) is 59.0 Å². The van der Waals surface area contributed by atoms with Crippen LogP contribution in [-0.2, 0) is 25.1 Å². The zero-order chi connectivity index (χ0) is 52.4. The van der Waals surface area contributed by atoms with Crippen molar-refractivity contribution in [3.63, 3.8) is 0 Å². The van der Waals surface area contributed by atoms with Crippen molar-refractivity contribution in [2.45, 2.75) is 77.8 Å². The van der Waals surface area contributed by atoms with Gasteiger partial charge in [0.15, 0.2) is 0 Å². The first-order valence-corrected chi connectivity index (χ1v) is 27.3. The molecule has 3 heterocycles. The Bertz CT molecular complexity index is 2950. The molecule has 0 saturated carbocycles. The smallest absolute Gasteiger partial charge is 0.266 e. The molecule has 8 rings (SSSR count). The molecule has 4 aromatic carbocycles. The third-order valence-corrected chi connectivity index (χ3v) is 15.2. The van der Waals surface area contributed by atoms with Gasteiger partial charge in [0.05, 0.1) is 23.0 Å². The standard InChI is InChI=1S/C32H35N3.C27H32N3O7S.3H2/c1-6-18-34-32(25-13-11-23(3)12-14-25)28(7-2)29-17-19-33-31-16-15-27(21-30(29)31)26-10-8-9-24(20-26)22-35(4)5;1-5-23(32)29(2)13-7-8-17-16-21(17)38(3,4)37-15-14-36-20-10-6-9-18-24(20)27(35)30(26(18)34)19-11-12-22(31)28-25(19)33;;;/h8-14,17,19-21,28H,6-7,18,22H2,1-5H3;5-6,9-10,16,19H,1,7-8,11-15H2,2-4H3,(H,28,31,33);3*1H. The highest BCUT2D eigenvalue weighted by atomic mass is 32.3. The van der Waals surface area contributed by atoms with Gasteiger partial charge >= 0.3 is 0 Å². The first-order valence-electron chi connectivity index (χ1n) is 24.9. The van der Waals surface area contributed by atoms with Gasteiger partial charge in [0.25, 0.3) is 11.8 Å². The summed E-state index contributed by atoms with van der Waals surface area (Å²) in [4.78, 5) is 75.9. The van der Waals surface area contributed by atoms with E-state index >= 15 is 0 Å². The first kappa shape index (κ1) is 53.9. The van der Waals surface area contributed by atoms with Crippen molar-refractivity contribution in [1.29, 1.82) is 0 Å². The summed E-state index contributed by atoms with van der Waals surface area (Å²) in [5.74, 6) is -1.91. The fourth-order valence-corrected chi connectivity index (χ4v) is 11.0. The average molecular weight is 1010 g/mol. The van der Waals surface area contributed by atoms with Crippen molar-refractivity contribution in [3.8, 4) is 16.9 Å². The highest BCUT2D eigenvalue weighted by Crippen LogP contribution is 2.63. The Kier molecular flexibility index (Phi) is 17.9. The maximum atomic E-state index is 13.2. The van der Waals surface area contributed by atoms with Crippen molar-refractivity contribution in [1.82, 2.24) is 25.0 Å². The number of aryl methyl sites for hydroxylation is 1. The van der Waals surface area contributed by atoms with Crippen LogP contribution < -0.4 is 10.1 Å². The number of rotatable bonds is 21. The summed E-state index contributed by atoms with van der Waals surface area (Å²) < 4.78 is 12.0. The molecular weight excluding hydrogens is 937 g/mol. The number of pyridine rings is 1. The Balaban J connectivity index is 0.000000317. The molecule has 387 valence electrons. The fourth-order valence-electron chi connectivity index (χ4n) is 9.24. The van der Waals surface area contributed by atoms with E-state index in [1.165, 1.54) is 45.2 Å². The Hall–Kier alpha value is -6.92. The molecule has 2 atom stereocenters. The van der Waals surface area contributed by atoms with E-state index in [1.54, 1.807) is 24.1 Å². The van der Waals surface area contributed by atoms with E-state index in [4.69, 9.17) is 13.9 Å². The highest BCUT2D eigenvalue weighted by molar-refractivity contribution is 8.31. The van der Waals surface area contributed by atoms with Crippen LogP contribution in [0.3, 0.4) is 0 Å². The predicted molar refractivity (Wildman–Crippen MR) is 297 cm³/mol. The summed E-state index contributed by atoms with van der Waals surface area (Å²) >= 11 is 0. The van der Waals surface area contributed by atoms with Gasteiger partial charge in [-0.1, -0.05) is 86.7 Å². The van der Waals surface area contributed by atoms with Gasteiger partial charge in [0.1, 0.15) is 23.9 Å². The molecule has 14 heteroatoms. The molecule has 2 aliphatic heterocycles. The third-order valence-electron chi connectivity index (χ3n) is 13.0. The van der Waals surface area contributed by atoms with Crippen LogP contribution in [0.25, 0.3) is 22.0 Å². The number of carbonyl (C=O) groups excluding carboxylic acids is 5. The van der Waals surface area contributed by atoms with Crippen molar-refractivity contribution >= 4 is 56.5 Å². The van der Waals surface area contributed by atoms with Crippen LogP contribution in [0.15, 0.2) is 114 Å². The molecule has 5 aromatic rings. The monoisotopic (exact) mass is 1010 g/mol. The van der Waals surface area contributed by atoms with Crippen LogP contribution in [0.1, 0.15) is 106 Å². The van der Waals surface area contributed by atoms with Crippen molar-refractivity contribution in [2.24, 2.45) is 4.99 Å². The lowest BCUT2D eigenvalue weighted by Gasteiger charge is -2.31. The van der Waals surface area contributed by atoms with E-state index in [2.05, 4.69) is 148 Å². The minimum atomic E-state index is -1.48. The van der Waals surface area contributed by atoms with E-state index < -0.39 is 40.0 Å². The maximum absolute atomic E-state index is 13.2. The quantitative estimate of drug-likeness (QED) is 0.0328. The molecule has 2 unspecified atom stereocenters. The highest BCUT2D eigenvalue weighted by Gasteiger charge is 2.46. The van der Waals surface area contributed by atoms with Crippen LogP contribution in [-0.4, -0.2) is 121 Å². The SMILES string of the molecule is C=CC(=O)N(C)CCCC1=C[C]1S(C)(C)OCCOc1cccc2c1C(=O)N(C1CCC(=O)NC1=O)C2=O.CCCN=C(c1ccc(C)cc1)C(CC)c1ccnc2c#cc(-c3cccc(CN(C)C)c3)cc12.[HH].[HH].[HH]. The van der Waals surface area contributed by atoms with Gasteiger partial charge in [-0.3, -0.25) is 39.2 Å². The van der Waals surface area contributed by atoms with Gasteiger partial charge in [-0.05, 0) is 136 Å². The summed E-state index contributed by atoms with van der Waals surface area (Å²) in [5.41, 5.74) is 10.8. The zero-order valence-electron chi connectivity index (χ0n) is 43.4. The molecule has 13 nitrogen and oxygen atoms in total. The zero-order valence-corrected chi connectivity index (χ0v) is 44.2. The first-order chi connectivity index (χ1) is 35.0. The summed E-state index contributed by atoms with van der Waals surface area (Å²) in [6.45, 7) is 12.9. The van der Waals surface area contributed by atoms with Crippen molar-refractivity contribution < 1.29 is 37.2 Å². The van der Waals surface area contributed by atoms with Crippen LogP contribution in [0.2, 0.25) is 0 Å². The fraction of sp³-hybridized carbons (Fsp3) is 0.356. The summed E-state index contributed by atoms with van der Waals surface area (Å²) in [6.07, 6.45) is 13.3. The Morgan fingerprint density at radius 2 is 1.77 bits per heavy atom. The van der Waals surface area contributed by atoms with Gasteiger partial charge in [-0.2, -0.15) is 0 Å². The Morgan fingerprint density at radius 3 is 2.48 bits per heavy atom. The lowest BCUT2D eigenvalue weighted by Crippen LogP contribution is -2.54. The minimum absolute atomic E-state index is 0. The van der Waals surface area contributed by atoms with Crippen LogP contribution in [0.5, 0.6) is 5.75 Å². The van der Waals surface area contributed by atoms with E-state index in [9.17, 15) is 24.0 Å². The number of nitrogens with one attached hydrogen (secondary N) is 1. The average Bonchev–Trinajstić information content (AvgIpc) is 4.13. The number of aliphatic imine (C=N–C) groups is 1. The normalized spacial score (nSPS) is 16.3. The predicted octanol–water partition coefficient (Wildman–Crippen LogP) is 10.4. The van der Waals surface area contributed by atoms with E-state index in [0.29, 0.717) is 6.54 Å². The molecule has 3 aliphatic rings. The van der Waals surface area contributed by atoms with Gasteiger partial charge < -0.3 is 18.7 Å². The largest absolute Gasteiger partial charge is 0.490 e. The second kappa shape index (κ2) is 24.2. The summed E-state index contributed by atoms with van der Waals surface area (Å²) in [6, 6.07) is 32.3. The number of carbonyl (C=O) groups is 5. The topological polar surface area (TPSA) is 151 Å². The Morgan fingerprint density at radius 1 is 1.00 bits per heavy atom. The van der Waals surface area contributed by atoms with Crippen LogP contribution >= 0.6 is 10.3 Å². The molecule has 0 spiro atoms. The number of hydrogen-bond donors (Lipinski definition) is 1. The molecule has 1 fully saturated rings. The number of nitrogens with zero attached hydrogens (tertiary/aromatic N) is 5.